The number of allylic oxidation sites excluding steroid dienone is 5. The van der Waals surface area contributed by atoms with E-state index in [2.05, 4.69) is 46.8 Å². The van der Waals surface area contributed by atoms with Crippen LogP contribution in [0, 0.1) is 11.3 Å². The molecule has 0 amide bonds. The van der Waals surface area contributed by atoms with Gasteiger partial charge < -0.3 is 24.0 Å². The molecule has 3 rings (SSSR count). The molecule has 1 aromatic carbocycles. The predicted molar refractivity (Wildman–Crippen MR) is 129 cm³/mol. The van der Waals surface area contributed by atoms with E-state index in [0.29, 0.717) is 31.2 Å². The molecule has 0 radical (unpaired) electrons. The van der Waals surface area contributed by atoms with Gasteiger partial charge in [0.15, 0.2) is 0 Å². The van der Waals surface area contributed by atoms with Gasteiger partial charge in [0.2, 0.25) is 0 Å². The molecule has 0 unspecified atom stereocenters. The Labute approximate surface area is 194 Å². The molecule has 0 fully saturated rings. The first kappa shape index (κ1) is 23.9. The number of nitrogens with zero attached hydrogens (tertiary/aromatic N) is 3. The van der Waals surface area contributed by atoms with Crippen LogP contribution in [-0.2, 0) is 11.3 Å². The fourth-order valence-electron chi connectivity index (χ4n) is 3.88. The lowest BCUT2D eigenvalue weighted by atomic mass is 10.0. The maximum atomic E-state index is 10.0. The molecule has 1 heterocycles. The Hall–Kier alpha value is -2.72. The zero-order chi connectivity index (χ0) is 22.9. The third-order valence-electron chi connectivity index (χ3n) is 5.50. The van der Waals surface area contributed by atoms with E-state index in [1.807, 2.05) is 25.2 Å². The first-order chi connectivity index (χ1) is 15.6. The van der Waals surface area contributed by atoms with Gasteiger partial charge in [-0.15, -0.1) is 11.6 Å². The van der Waals surface area contributed by atoms with E-state index in [4.69, 9.17) is 26.2 Å². The minimum Gasteiger partial charge on any atom is -0.493 e. The summed E-state index contributed by atoms with van der Waals surface area (Å²) in [6.07, 6.45) is 9.88. The standard InChI is InChI=1S/C25H30ClN3O3/c1-3-29-24-16-21(32-14-5-12-26)10-11-22(24)23(17-27)25(29)19-6-4-7-20(9-8-19)28(2)13-15-31-18-30/h4,7-11,16,30H,3,5-6,12-15,18H2,1-2H3. The number of nitriles is 1. The van der Waals surface area contributed by atoms with Crippen molar-refractivity contribution in [3.63, 3.8) is 0 Å². The van der Waals surface area contributed by atoms with E-state index in [-0.39, 0.29) is 6.79 Å². The molecule has 1 N–H and O–H groups in total. The maximum Gasteiger partial charge on any atom is 0.143 e. The number of alkyl halides is 1. The third-order valence-corrected chi connectivity index (χ3v) is 5.77. The minimum absolute atomic E-state index is 0.273. The Morgan fingerprint density at radius 1 is 1.28 bits per heavy atom. The first-order valence-electron chi connectivity index (χ1n) is 10.9. The lowest BCUT2D eigenvalue weighted by Gasteiger charge is -2.19. The second-order valence-corrected chi connectivity index (χ2v) is 7.88. The van der Waals surface area contributed by atoms with Crippen molar-refractivity contribution in [3.8, 4) is 11.8 Å². The van der Waals surface area contributed by atoms with E-state index in [1.165, 1.54) is 0 Å². The largest absolute Gasteiger partial charge is 0.493 e. The Balaban J connectivity index is 1.98. The number of fused-ring (bicyclic) bond motifs is 1. The Morgan fingerprint density at radius 3 is 2.84 bits per heavy atom. The van der Waals surface area contributed by atoms with E-state index >= 15 is 0 Å². The van der Waals surface area contributed by atoms with Crippen LogP contribution in [0.3, 0.4) is 0 Å². The number of aromatic nitrogens is 1. The molecule has 0 spiro atoms. The molecule has 0 atom stereocenters. The number of likely N-dealkylation sites (N-methyl/N-ethyl adjacent to an activating group) is 1. The Bertz CT molecular complexity index is 1060. The second kappa shape index (κ2) is 11.8. The molecule has 32 heavy (non-hydrogen) atoms. The summed E-state index contributed by atoms with van der Waals surface area (Å²) in [6.45, 7) is 4.26. The average Bonchev–Trinajstić information content (AvgIpc) is 2.93. The molecule has 0 bridgehead atoms. The van der Waals surface area contributed by atoms with Crippen LogP contribution in [0.1, 0.15) is 31.0 Å². The Morgan fingerprint density at radius 2 is 2.12 bits per heavy atom. The topological polar surface area (TPSA) is 70.6 Å². The van der Waals surface area contributed by atoms with Crippen molar-refractivity contribution in [2.75, 3.05) is 39.5 Å². The summed E-state index contributed by atoms with van der Waals surface area (Å²) in [5.74, 6) is 1.35. The monoisotopic (exact) mass is 455 g/mol. The van der Waals surface area contributed by atoms with Crippen molar-refractivity contribution in [1.82, 2.24) is 9.47 Å². The highest BCUT2D eigenvalue weighted by Gasteiger charge is 2.20. The van der Waals surface area contributed by atoms with Crippen molar-refractivity contribution in [1.29, 1.82) is 5.26 Å². The van der Waals surface area contributed by atoms with Crippen LogP contribution in [-0.4, -0.2) is 54.1 Å². The fraction of sp³-hybridized carbons (Fsp3) is 0.400. The summed E-state index contributed by atoms with van der Waals surface area (Å²) >= 11 is 5.76. The number of ether oxygens (including phenoxy) is 2. The highest BCUT2D eigenvalue weighted by atomic mass is 35.5. The van der Waals surface area contributed by atoms with Gasteiger partial charge in [0.05, 0.1) is 30.0 Å². The summed E-state index contributed by atoms with van der Waals surface area (Å²) in [7, 11) is 1.99. The quantitative estimate of drug-likeness (QED) is 0.303. The molecule has 0 saturated heterocycles. The van der Waals surface area contributed by atoms with Gasteiger partial charge >= 0.3 is 0 Å². The molecule has 6 nitrogen and oxygen atoms in total. The predicted octanol–water partition coefficient (Wildman–Crippen LogP) is 4.67. The summed E-state index contributed by atoms with van der Waals surface area (Å²) in [5, 5.41) is 19.8. The molecule has 0 aliphatic heterocycles. The maximum absolute atomic E-state index is 10.0. The Kier molecular flexibility index (Phi) is 8.81. The number of hydrogen-bond donors (Lipinski definition) is 1. The van der Waals surface area contributed by atoms with Crippen molar-refractivity contribution in [2.45, 2.75) is 26.3 Å². The number of aliphatic hydroxyl groups is 1. The van der Waals surface area contributed by atoms with E-state index < -0.39 is 0 Å². The summed E-state index contributed by atoms with van der Waals surface area (Å²) in [5.41, 5.74) is 4.79. The number of aliphatic hydroxyl groups excluding tert-OH is 1. The number of hydrogen-bond acceptors (Lipinski definition) is 5. The van der Waals surface area contributed by atoms with Crippen molar-refractivity contribution < 1.29 is 14.6 Å². The molecule has 2 aromatic rings. The first-order valence-corrected chi connectivity index (χ1v) is 11.4. The molecule has 1 aliphatic rings. The average molecular weight is 456 g/mol. The number of rotatable bonds is 11. The smallest absolute Gasteiger partial charge is 0.143 e. The zero-order valence-electron chi connectivity index (χ0n) is 18.7. The zero-order valence-corrected chi connectivity index (χ0v) is 19.4. The van der Waals surface area contributed by atoms with Crippen LogP contribution in [0.4, 0.5) is 0 Å². The van der Waals surface area contributed by atoms with E-state index in [1.54, 1.807) is 0 Å². The van der Waals surface area contributed by atoms with Gasteiger partial charge in [-0.1, -0.05) is 12.2 Å². The third kappa shape index (κ3) is 5.36. The van der Waals surface area contributed by atoms with Gasteiger partial charge in [0.25, 0.3) is 0 Å². The molecular weight excluding hydrogens is 426 g/mol. The fourth-order valence-corrected chi connectivity index (χ4v) is 3.99. The summed E-state index contributed by atoms with van der Waals surface area (Å²) in [6, 6.07) is 8.35. The van der Waals surface area contributed by atoms with Crippen molar-refractivity contribution in [2.24, 2.45) is 0 Å². The minimum atomic E-state index is -0.273. The molecule has 1 aromatic heterocycles. The summed E-state index contributed by atoms with van der Waals surface area (Å²) in [4.78, 5) is 2.08. The highest BCUT2D eigenvalue weighted by molar-refractivity contribution is 6.17. The van der Waals surface area contributed by atoms with Gasteiger partial charge in [-0.25, -0.2) is 0 Å². The van der Waals surface area contributed by atoms with Gasteiger partial charge in [-0.3, -0.25) is 0 Å². The van der Waals surface area contributed by atoms with Gasteiger partial charge in [-0.2, -0.15) is 5.26 Å². The number of halogens is 1. The summed E-state index contributed by atoms with van der Waals surface area (Å²) < 4.78 is 13.1. The van der Waals surface area contributed by atoms with Crippen molar-refractivity contribution in [3.05, 3.63) is 59.5 Å². The lowest BCUT2D eigenvalue weighted by molar-refractivity contribution is -0.00550. The van der Waals surface area contributed by atoms with Gasteiger partial charge in [0, 0.05) is 43.2 Å². The van der Waals surface area contributed by atoms with Gasteiger partial charge in [0.1, 0.15) is 18.6 Å². The van der Waals surface area contributed by atoms with E-state index in [0.717, 1.165) is 53.0 Å². The van der Waals surface area contributed by atoms with Crippen LogP contribution in [0.25, 0.3) is 16.5 Å². The van der Waals surface area contributed by atoms with Gasteiger partial charge in [-0.05, 0) is 49.6 Å². The molecule has 0 saturated carbocycles. The molecular formula is C25H30ClN3O3. The molecule has 1 aliphatic carbocycles. The lowest BCUT2D eigenvalue weighted by Crippen LogP contribution is -2.22. The normalized spacial score (nSPS) is 13.5. The van der Waals surface area contributed by atoms with Crippen LogP contribution in [0.2, 0.25) is 0 Å². The molecule has 7 heteroatoms. The van der Waals surface area contributed by atoms with Crippen LogP contribution in [0.5, 0.6) is 5.75 Å². The highest BCUT2D eigenvalue weighted by Crippen LogP contribution is 2.35. The van der Waals surface area contributed by atoms with Crippen LogP contribution < -0.4 is 4.74 Å². The van der Waals surface area contributed by atoms with E-state index in [9.17, 15) is 5.26 Å². The molecule has 170 valence electrons. The van der Waals surface area contributed by atoms with Crippen LogP contribution in [0.15, 0.2) is 48.2 Å². The van der Waals surface area contributed by atoms with Crippen molar-refractivity contribution >= 4 is 28.1 Å². The second-order valence-electron chi connectivity index (χ2n) is 7.50. The van der Waals surface area contributed by atoms with Crippen LogP contribution >= 0.6 is 11.6 Å². The SMILES string of the molecule is CCn1c(C2=CC=C(N(C)CCOCO)C=CC2)c(C#N)c2ccc(OCCCCl)cc21. The number of benzene rings is 1. The number of aryl methyl sites for hydroxylation is 1.